The number of aliphatic hydroxyl groups is 1. The molecular weight excluding hydrogens is 632 g/mol. The molecule has 0 aromatic heterocycles. The molecule has 284 valence electrons. The van der Waals surface area contributed by atoms with Gasteiger partial charge in [-0.15, -0.1) is 0 Å². The Bertz CT molecular complexity index is 1030. The average Bonchev–Trinajstić information content (AvgIpc) is 3.10. The number of aliphatic carboxylic acids is 1. The van der Waals surface area contributed by atoms with Crippen LogP contribution in [0.25, 0.3) is 0 Å². The van der Waals surface area contributed by atoms with Crippen molar-refractivity contribution in [1.29, 1.82) is 0 Å². The Labute approximate surface area is 302 Å². The van der Waals surface area contributed by atoms with E-state index in [0.29, 0.717) is 12.8 Å². The fraction of sp³-hybridized carbons (Fsp3) is 0.659. The number of allylic oxidation sites excluding steroid dienone is 9. The SMILES string of the molecule is CC/C=C\C/C=C\C/C=C\C/C=C\CCCCCCC(=O)OC(/C=C\CCCCCC)CCCCCCC(=O)NCC(=O)NC(CO)C(=O)O. The van der Waals surface area contributed by atoms with Crippen molar-refractivity contribution in [3.63, 3.8) is 0 Å². The zero-order valence-corrected chi connectivity index (χ0v) is 31.1. The first-order valence-corrected chi connectivity index (χ1v) is 19.2. The number of unbranched alkanes of at least 4 members (excludes halogenated alkanes) is 11. The minimum absolute atomic E-state index is 0.140. The minimum atomic E-state index is -1.39. The van der Waals surface area contributed by atoms with E-state index in [4.69, 9.17) is 14.9 Å². The van der Waals surface area contributed by atoms with Crippen molar-refractivity contribution in [2.24, 2.45) is 0 Å². The summed E-state index contributed by atoms with van der Waals surface area (Å²) in [4.78, 5) is 47.3. The molecule has 0 saturated heterocycles. The van der Waals surface area contributed by atoms with E-state index in [1.54, 1.807) is 0 Å². The molecular formula is C41H68N2O7. The molecule has 0 fully saturated rings. The second kappa shape index (κ2) is 35.4. The first kappa shape index (κ1) is 46.5. The van der Waals surface area contributed by atoms with E-state index in [2.05, 4.69) is 79.2 Å². The van der Waals surface area contributed by atoms with E-state index >= 15 is 0 Å². The second-order valence-electron chi connectivity index (χ2n) is 12.6. The summed E-state index contributed by atoms with van der Waals surface area (Å²) in [5.74, 6) is -2.44. The van der Waals surface area contributed by atoms with E-state index < -0.39 is 24.5 Å². The van der Waals surface area contributed by atoms with Crippen LogP contribution in [0.1, 0.15) is 149 Å². The maximum Gasteiger partial charge on any atom is 0.328 e. The number of carbonyl (C=O) groups excluding carboxylic acids is 3. The number of nitrogens with one attached hydrogen (secondary N) is 2. The summed E-state index contributed by atoms with van der Waals surface area (Å²) in [6, 6.07) is -1.39. The maximum absolute atomic E-state index is 12.6. The van der Waals surface area contributed by atoms with Crippen molar-refractivity contribution in [3.05, 3.63) is 60.8 Å². The molecule has 0 aliphatic rings. The van der Waals surface area contributed by atoms with Gasteiger partial charge in [-0.25, -0.2) is 4.79 Å². The summed E-state index contributed by atoms with van der Waals surface area (Å²) < 4.78 is 5.85. The van der Waals surface area contributed by atoms with Crippen LogP contribution in [-0.2, 0) is 23.9 Å². The number of rotatable bonds is 33. The molecule has 0 rings (SSSR count). The predicted molar refractivity (Wildman–Crippen MR) is 204 cm³/mol. The Kier molecular flexibility index (Phi) is 32.9. The monoisotopic (exact) mass is 701 g/mol. The van der Waals surface area contributed by atoms with Gasteiger partial charge in [-0.05, 0) is 83.1 Å². The van der Waals surface area contributed by atoms with Crippen LogP contribution in [0.5, 0.6) is 0 Å². The van der Waals surface area contributed by atoms with Gasteiger partial charge in [-0.3, -0.25) is 14.4 Å². The fourth-order valence-corrected chi connectivity index (χ4v) is 5.02. The molecule has 50 heavy (non-hydrogen) atoms. The Morgan fingerprint density at radius 1 is 0.640 bits per heavy atom. The Hall–Kier alpha value is -3.46. The lowest BCUT2D eigenvalue weighted by atomic mass is 10.1. The number of carboxylic acids is 1. The molecule has 0 aromatic carbocycles. The molecule has 0 aliphatic heterocycles. The summed E-state index contributed by atoms with van der Waals surface area (Å²) in [5.41, 5.74) is 0. The van der Waals surface area contributed by atoms with Crippen molar-refractivity contribution in [2.75, 3.05) is 13.2 Å². The third kappa shape index (κ3) is 31.8. The minimum Gasteiger partial charge on any atom is -0.480 e. The van der Waals surface area contributed by atoms with Crippen molar-refractivity contribution in [2.45, 2.75) is 161 Å². The van der Waals surface area contributed by atoms with E-state index in [-0.39, 0.29) is 30.9 Å². The lowest BCUT2D eigenvalue weighted by molar-refractivity contribution is -0.147. The molecule has 9 nitrogen and oxygen atoms in total. The number of amides is 2. The smallest absolute Gasteiger partial charge is 0.328 e. The standard InChI is InChI=1S/C41H68N2O7/c1-3-5-7-9-11-12-13-14-15-16-17-18-19-20-21-23-29-33-40(47)50-36(30-26-22-10-8-6-4-2)31-27-24-25-28-32-38(45)42-34-39(46)43-37(35-44)41(48)49/h5,7,11-12,14-15,17-18,26,30,36-37,44H,3-4,6,8-10,13,16,19-25,27-29,31-35H2,1-2H3,(H,42,45)(H,43,46)(H,48,49)/b7-5-,12-11-,15-14-,18-17-,30-26-. The van der Waals surface area contributed by atoms with Crippen LogP contribution in [0.2, 0.25) is 0 Å². The number of aliphatic hydroxyl groups excluding tert-OH is 1. The highest BCUT2D eigenvalue weighted by Gasteiger charge is 2.18. The van der Waals surface area contributed by atoms with Crippen molar-refractivity contribution in [1.82, 2.24) is 10.6 Å². The van der Waals surface area contributed by atoms with Crippen LogP contribution in [0.15, 0.2) is 60.8 Å². The van der Waals surface area contributed by atoms with Crippen LogP contribution in [0.3, 0.4) is 0 Å². The molecule has 0 heterocycles. The van der Waals surface area contributed by atoms with Gasteiger partial charge in [0.05, 0.1) is 13.2 Å². The third-order valence-electron chi connectivity index (χ3n) is 7.98. The molecule has 2 amide bonds. The molecule has 9 heteroatoms. The lowest BCUT2D eigenvalue weighted by Gasteiger charge is -2.15. The first-order chi connectivity index (χ1) is 24.3. The molecule has 0 aliphatic carbocycles. The van der Waals surface area contributed by atoms with E-state index in [1.165, 1.54) is 19.3 Å². The second-order valence-corrected chi connectivity index (χ2v) is 12.6. The molecule has 2 unspecified atom stereocenters. The van der Waals surface area contributed by atoms with Gasteiger partial charge in [-0.1, -0.05) is 113 Å². The van der Waals surface area contributed by atoms with Gasteiger partial charge in [0.1, 0.15) is 12.1 Å². The zero-order chi connectivity index (χ0) is 36.9. The Morgan fingerprint density at radius 2 is 1.20 bits per heavy atom. The van der Waals surface area contributed by atoms with Crippen molar-refractivity contribution in [3.8, 4) is 0 Å². The number of carbonyl (C=O) groups is 4. The highest BCUT2D eigenvalue weighted by Crippen LogP contribution is 2.14. The van der Waals surface area contributed by atoms with Gasteiger partial charge in [0, 0.05) is 12.8 Å². The number of hydrogen-bond acceptors (Lipinski definition) is 6. The lowest BCUT2D eigenvalue weighted by Crippen LogP contribution is -2.47. The van der Waals surface area contributed by atoms with Gasteiger partial charge in [-0.2, -0.15) is 0 Å². The van der Waals surface area contributed by atoms with Gasteiger partial charge in [0.2, 0.25) is 11.8 Å². The highest BCUT2D eigenvalue weighted by molar-refractivity contribution is 5.87. The summed E-state index contributed by atoms with van der Waals surface area (Å²) >= 11 is 0. The Morgan fingerprint density at radius 3 is 1.82 bits per heavy atom. The van der Waals surface area contributed by atoms with E-state index in [1.807, 2.05) is 6.08 Å². The topological polar surface area (TPSA) is 142 Å². The maximum atomic E-state index is 12.6. The van der Waals surface area contributed by atoms with Crippen molar-refractivity contribution < 1.29 is 34.1 Å². The van der Waals surface area contributed by atoms with Crippen LogP contribution < -0.4 is 10.6 Å². The van der Waals surface area contributed by atoms with Crippen LogP contribution in [0.4, 0.5) is 0 Å². The van der Waals surface area contributed by atoms with Crippen molar-refractivity contribution >= 4 is 23.8 Å². The number of hydrogen-bond donors (Lipinski definition) is 4. The molecule has 2 atom stereocenters. The van der Waals surface area contributed by atoms with E-state index in [0.717, 1.165) is 96.3 Å². The third-order valence-corrected chi connectivity index (χ3v) is 7.98. The van der Waals surface area contributed by atoms with Gasteiger partial charge in [0.15, 0.2) is 0 Å². The highest BCUT2D eigenvalue weighted by atomic mass is 16.5. The Balaban J connectivity index is 4.25. The molecule has 0 spiro atoms. The van der Waals surface area contributed by atoms with Crippen LogP contribution >= 0.6 is 0 Å². The van der Waals surface area contributed by atoms with Crippen LogP contribution in [-0.4, -0.2) is 59.3 Å². The quantitative estimate of drug-likeness (QED) is 0.0305. The number of esters is 1. The zero-order valence-electron chi connectivity index (χ0n) is 31.1. The number of carboxylic acid groups (broad SMARTS) is 1. The van der Waals surface area contributed by atoms with Gasteiger partial charge >= 0.3 is 11.9 Å². The van der Waals surface area contributed by atoms with Crippen LogP contribution in [0, 0.1) is 0 Å². The number of ether oxygens (including phenoxy) is 1. The molecule has 4 N–H and O–H groups in total. The first-order valence-electron chi connectivity index (χ1n) is 19.2. The largest absolute Gasteiger partial charge is 0.480 e. The summed E-state index contributed by atoms with van der Waals surface area (Å²) in [6.07, 6.45) is 41.3. The summed E-state index contributed by atoms with van der Waals surface area (Å²) in [6.45, 7) is 3.28. The van der Waals surface area contributed by atoms with Gasteiger partial charge in [0.25, 0.3) is 0 Å². The predicted octanol–water partition coefficient (Wildman–Crippen LogP) is 8.59. The van der Waals surface area contributed by atoms with E-state index in [9.17, 15) is 19.2 Å². The molecule has 0 radical (unpaired) electrons. The van der Waals surface area contributed by atoms with Gasteiger partial charge < -0.3 is 25.6 Å². The normalized spacial score (nSPS) is 13.2. The molecule has 0 saturated carbocycles. The molecule has 0 bridgehead atoms. The fourth-order valence-electron chi connectivity index (χ4n) is 5.02. The average molecular weight is 701 g/mol. The summed E-state index contributed by atoms with van der Waals surface area (Å²) in [7, 11) is 0. The molecule has 0 aromatic rings. The summed E-state index contributed by atoms with van der Waals surface area (Å²) in [5, 5.41) is 22.5.